The van der Waals surface area contributed by atoms with Crippen LogP contribution >= 0.6 is 23.2 Å². The van der Waals surface area contributed by atoms with Gasteiger partial charge in [-0.05, 0) is 42.8 Å². The second-order valence-corrected chi connectivity index (χ2v) is 5.94. The summed E-state index contributed by atoms with van der Waals surface area (Å²) in [6.07, 6.45) is -0.590. The molecule has 0 heterocycles. The number of nitrogens with one attached hydrogen (secondary N) is 1. The highest BCUT2D eigenvalue weighted by Gasteiger charge is 2.08. The number of amides is 1. The van der Waals surface area contributed by atoms with E-state index in [2.05, 4.69) is 5.32 Å². The zero-order chi connectivity index (χ0) is 16.8. The van der Waals surface area contributed by atoms with Crippen molar-refractivity contribution in [2.75, 3.05) is 6.54 Å². The second-order valence-electron chi connectivity index (χ2n) is 5.12. The minimum absolute atomic E-state index is 0.202. The van der Waals surface area contributed by atoms with Crippen LogP contribution in [0.1, 0.15) is 22.8 Å². The Morgan fingerprint density at radius 3 is 2.70 bits per heavy atom. The molecule has 23 heavy (non-hydrogen) atoms. The number of benzene rings is 2. The Labute approximate surface area is 145 Å². The van der Waals surface area contributed by atoms with Crippen LogP contribution < -0.4 is 10.1 Å². The Bertz CT molecular complexity index is 689. The lowest BCUT2D eigenvalue weighted by Gasteiger charge is -2.10. The van der Waals surface area contributed by atoms with Gasteiger partial charge in [-0.15, -0.1) is 0 Å². The van der Waals surface area contributed by atoms with Crippen LogP contribution in [0, 0.1) is 0 Å². The van der Waals surface area contributed by atoms with Crippen LogP contribution in [0.25, 0.3) is 0 Å². The Hall–Kier alpha value is -1.75. The molecule has 0 bridgehead atoms. The van der Waals surface area contributed by atoms with Gasteiger partial charge in [-0.2, -0.15) is 0 Å². The van der Waals surface area contributed by atoms with E-state index in [0.29, 0.717) is 28.0 Å². The first kappa shape index (κ1) is 17.6. The van der Waals surface area contributed by atoms with Crippen molar-refractivity contribution in [1.29, 1.82) is 0 Å². The van der Waals surface area contributed by atoms with Crippen molar-refractivity contribution in [3.8, 4) is 5.75 Å². The lowest BCUT2D eigenvalue weighted by molar-refractivity contribution is 0.0923. The topological polar surface area (TPSA) is 58.6 Å². The molecule has 0 spiro atoms. The summed E-state index contributed by atoms with van der Waals surface area (Å²) in [5.74, 6) is 0.312. The molecule has 4 nitrogen and oxygen atoms in total. The number of rotatable bonds is 6. The molecule has 0 aliphatic carbocycles. The average molecular weight is 354 g/mol. The van der Waals surface area contributed by atoms with Crippen molar-refractivity contribution in [2.45, 2.75) is 19.6 Å². The molecule has 2 aromatic rings. The summed E-state index contributed by atoms with van der Waals surface area (Å²) >= 11 is 11.8. The zero-order valence-electron chi connectivity index (χ0n) is 12.6. The van der Waals surface area contributed by atoms with Gasteiger partial charge in [0.2, 0.25) is 0 Å². The summed E-state index contributed by atoms with van der Waals surface area (Å²) in [4.78, 5) is 11.9. The third-order valence-corrected chi connectivity index (χ3v) is 3.78. The fourth-order valence-corrected chi connectivity index (χ4v) is 2.19. The molecule has 0 aromatic heterocycles. The van der Waals surface area contributed by atoms with Crippen molar-refractivity contribution in [2.24, 2.45) is 0 Å². The zero-order valence-corrected chi connectivity index (χ0v) is 14.1. The van der Waals surface area contributed by atoms with Gasteiger partial charge in [-0.25, -0.2) is 0 Å². The highest BCUT2D eigenvalue weighted by molar-refractivity contribution is 6.42. The summed E-state index contributed by atoms with van der Waals surface area (Å²) in [6, 6.07) is 12.1. The largest absolute Gasteiger partial charge is 0.489 e. The van der Waals surface area contributed by atoms with Crippen molar-refractivity contribution in [1.82, 2.24) is 5.32 Å². The van der Waals surface area contributed by atoms with Crippen LogP contribution in [0.15, 0.2) is 42.5 Å². The summed E-state index contributed by atoms with van der Waals surface area (Å²) in [7, 11) is 0. The Morgan fingerprint density at radius 2 is 2.00 bits per heavy atom. The van der Waals surface area contributed by atoms with Crippen LogP contribution in [0.2, 0.25) is 10.0 Å². The van der Waals surface area contributed by atoms with Crippen LogP contribution in [0.4, 0.5) is 0 Å². The van der Waals surface area contributed by atoms with Crippen molar-refractivity contribution >= 4 is 29.1 Å². The normalized spacial score (nSPS) is 11.8. The molecule has 1 unspecified atom stereocenters. The van der Waals surface area contributed by atoms with Gasteiger partial charge in [-0.3, -0.25) is 4.79 Å². The van der Waals surface area contributed by atoms with E-state index in [1.807, 2.05) is 6.07 Å². The van der Waals surface area contributed by atoms with Gasteiger partial charge in [0.05, 0.1) is 16.1 Å². The van der Waals surface area contributed by atoms with Crippen LogP contribution in [-0.2, 0) is 6.61 Å². The number of aliphatic hydroxyl groups excluding tert-OH is 1. The predicted molar refractivity (Wildman–Crippen MR) is 91.3 cm³/mol. The van der Waals surface area contributed by atoms with Crippen molar-refractivity contribution in [3.05, 3.63) is 63.6 Å². The lowest BCUT2D eigenvalue weighted by atomic mass is 10.2. The van der Waals surface area contributed by atoms with E-state index in [1.54, 1.807) is 43.3 Å². The fraction of sp³-hybridized carbons (Fsp3) is 0.235. The predicted octanol–water partition coefficient (Wildman–Crippen LogP) is 3.68. The maximum Gasteiger partial charge on any atom is 0.251 e. The van der Waals surface area contributed by atoms with Gasteiger partial charge in [0.15, 0.2) is 0 Å². The number of ether oxygens (including phenoxy) is 1. The smallest absolute Gasteiger partial charge is 0.251 e. The van der Waals surface area contributed by atoms with Crippen LogP contribution in [0.3, 0.4) is 0 Å². The Kier molecular flexibility index (Phi) is 6.28. The number of carbonyl (C=O) groups excluding carboxylic acids is 1. The third kappa shape index (κ3) is 5.43. The van der Waals surface area contributed by atoms with E-state index in [-0.39, 0.29) is 12.5 Å². The maximum atomic E-state index is 11.9. The van der Waals surface area contributed by atoms with E-state index in [0.717, 1.165) is 5.56 Å². The maximum absolute atomic E-state index is 11.9. The number of aliphatic hydroxyl groups is 1. The molecule has 0 fully saturated rings. The number of hydrogen-bond donors (Lipinski definition) is 2. The molecule has 2 aromatic carbocycles. The quantitative estimate of drug-likeness (QED) is 0.832. The lowest BCUT2D eigenvalue weighted by Crippen LogP contribution is -2.30. The molecule has 2 N–H and O–H groups in total. The van der Waals surface area contributed by atoms with E-state index in [4.69, 9.17) is 27.9 Å². The standard InChI is InChI=1S/C17H17Cl2NO3/c1-11(21)9-20-17(22)13-3-2-4-14(8-13)23-10-12-5-6-15(18)16(19)7-12/h2-8,11,21H,9-10H2,1H3,(H,20,22). The van der Waals surface area contributed by atoms with Gasteiger partial charge in [0.1, 0.15) is 12.4 Å². The number of hydrogen-bond acceptors (Lipinski definition) is 3. The SMILES string of the molecule is CC(O)CNC(=O)c1cccc(OCc2ccc(Cl)c(Cl)c2)c1. The molecular weight excluding hydrogens is 337 g/mol. The van der Waals surface area contributed by atoms with Gasteiger partial charge in [-0.1, -0.05) is 35.3 Å². The molecule has 1 amide bonds. The second kappa shape index (κ2) is 8.20. The van der Waals surface area contributed by atoms with Gasteiger partial charge in [0, 0.05) is 12.1 Å². The monoisotopic (exact) mass is 353 g/mol. The van der Waals surface area contributed by atoms with Crippen LogP contribution in [-0.4, -0.2) is 23.7 Å². The first-order valence-electron chi connectivity index (χ1n) is 7.09. The molecule has 0 aliphatic heterocycles. The van der Waals surface area contributed by atoms with Gasteiger partial charge >= 0.3 is 0 Å². The van der Waals surface area contributed by atoms with Crippen molar-refractivity contribution < 1.29 is 14.6 Å². The first-order valence-corrected chi connectivity index (χ1v) is 7.84. The van der Waals surface area contributed by atoms with Crippen molar-refractivity contribution in [3.63, 3.8) is 0 Å². The van der Waals surface area contributed by atoms with E-state index >= 15 is 0 Å². The summed E-state index contributed by atoms with van der Waals surface area (Å²) in [5, 5.41) is 12.8. The molecule has 0 saturated carbocycles. The minimum Gasteiger partial charge on any atom is -0.489 e. The van der Waals surface area contributed by atoms with E-state index in [1.165, 1.54) is 0 Å². The molecule has 0 aliphatic rings. The Balaban J connectivity index is 1.99. The number of halogens is 2. The fourth-order valence-electron chi connectivity index (χ4n) is 1.87. The first-order chi connectivity index (χ1) is 11.0. The molecule has 1 atom stereocenters. The van der Waals surface area contributed by atoms with E-state index in [9.17, 15) is 9.90 Å². The highest BCUT2D eigenvalue weighted by atomic mass is 35.5. The molecular formula is C17H17Cl2NO3. The molecule has 122 valence electrons. The molecule has 0 radical (unpaired) electrons. The highest BCUT2D eigenvalue weighted by Crippen LogP contribution is 2.23. The summed E-state index contributed by atoms with van der Waals surface area (Å²) in [5.41, 5.74) is 1.35. The van der Waals surface area contributed by atoms with E-state index < -0.39 is 6.10 Å². The minimum atomic E-state index is -0.590. The molecule has 0 saturated heterocycles. The summed E-state index contributed by atoms with van der Waals surface area (Å²) < 4.78 is 5.67. The molecule has 6 heteroatoms. The average Bonchev–Trinajstić information content (AvgIpc) is 2.54. The summed E-state index contributed by atoms with van der Waals surface area (Å²) in [6.45, 7) is 2.12. The van der Waals surface area contributed by atoms with Gasteiger partial charge < -0.3 is 15.2 Å². The number of carbonyl (C=O) groups is 1. The van der Waals surface area contributed by atoms with Crippen LogP contribution in [0.5, 0.6) is 5.75 Å². The third-order valence-electron chi connectivity index (χ3n) is 3.04. The van der Waals surface area contributed by atoms with Gasteiger partial charge in [0.25, 0.3) is 5.91 Å². The Morgan fingerprint density at radius 1 is 1.22 bits per heavy atom. The molecule has 2 rings (SSSR count).